The van der Waals surface area contributed by atoms with Crippen LogP contribution in [0.15, 0.2) is 0 Å². The summed E-state index contributed by atoms with van der Waals surface area (Å²) in [5.41, 5.74) is 0. The van der Waals surface area contributed by atoms with Crippen molar-refractivity contribution in [3.8, 4) is 0 Å². The lowest BCUT2D eigenvalue weighted by molar-refractivity contribution is 0.703. The molecule has 0 radical (unpaired) electrons. The molecule has 0 aromatic carbocycles. The van der Waals surface area contributed by atoms with E-state index in [2.05, 4.69) is 13.6 Å². The Morgan fingerprint density at radius 1 is 1.50 bits per heavy atom. The van der Waals surface area contributed by atoms with Crippen LogP contribution in [-0.2, 0) is 0 Å². The van der Waals surface area contributed by atoms with Crippen molar-refractivity contribution in [1.29, 1.82) is 0 Å². The van der Waals surface area contributed by atoms with Gasteiger partial charge in [-0.05, 0) is 24.9 Å². The molecule has 1 rings (SSSR count). The third kappa shape index (κ3) is 0.733. The van der Waals surface area contributed by atoms with Gasteiger partial charge in [0.25, 0.3) is 0 Å². The second-order valence-electron chi connectivity index (χ2n) is 2.33. The molecule has 0 atom stereocenters. The summed E-state index contributed by atoms with van der Waals surface area (Å²) in [7, 11) is 0.543. The molecule has 1 heterocycles. The summed E-state index contributed by atoms with van der Waals surface area (Å²) in [4.78, 5) is 0. The van der Waals surface area contributed by atoms with Crippen LogP contribution in [0.4, 0.5) is 0 Å². The summed E-state index contributed by atoms with van der Waals surface area (Å²) in [5.74, 6) is 1.07. The van der Waals surface area contributed by atoms with E-state index in [0.717, 1.165) is 5.92 Å². The van der Waals surface area contributed by atoms with Crippen LogP contribution < -0.4 is 0 Å². The van der Waals surface area contributed by atoms with Crippen LogP contribution in [0.25, 0.3) is 0 Å². The molecule has 0 spiro atoms. The Morgan fingerprint density at radius 3 is 2.00 bits per heavy atom. The zero-order chi connectivity index (χ0) is 4.57. The molecule has 1 heteroatoms. The van der Waals surface area contributed by atoms with Crippen LogP contribution in [-0.4, -0.2) is 19.0 Å². The van der Waals surface area contributed by atoms with E-state index in [9.17, 15) is 0 Å². The van der Waals surface area contributed by atoms with Gasteiger partial charge < -0.3 is 0 Å². The molecule has 0 aromatic heterocycles. The minimum Gasteiger partial charge on any atom is -0.109 e. The molecule has 0 unspecified atom stereocenters. The predicted octanol–water partition coefficient (Wildman–Crippen LogP) is 1.75. The number of hydrogen-bond acceptors (Lipinski definition) is 0. The van der Waals surface area contributed by atoms with Crippen molar-refractivity contribution in [3.63, 3.8) is 0 Å². The van der Waals surface area contributed by atoms with E-state index < -0.39 is 0 Å². The molecule has 0 aliphatic carbocycles. The Bertz CT molecular complexity index is 39.9. The molecule has 0 N–H and O–H groups in total. The van der Waals surface area contributed by atoms with Gasteiger partial charge in [-0.1, -0.05) is 6.92 Å². The first-order chi connectivity index (χ1) is 2.79. The van der Waals surface area contributed by atoms with E-state index in [1.807, 2.05) is 0 Å². The van der Waals surface area contributed by atoms with Gasteiger partial charge in [0, 0.05) is 0 Å². The summed E-state index contributed by atoms with van der Waals surface area (Å²) in [6.45, 7) is 4.72. The molecule has 0 saturated carbocycles. The Hall–Kier alpha value is 0.430. The molecule has 1 aliphatic rings. The molecule has 0 bridgehead atoms. The molecule has 1 aliphatic heterocycles. The maximum Gasteiger partial charge on any atom is -0.0299 e. The molecule has 36 valence electrons. The van der Waals surface area contributed by atoms with Crippen LogP contribution in [0.5, 0.6) is 0 Å². The minimum atomic E-state index is 0.543. The average Bonchev–Trinajstić information content (AvgIpc) is 1.33. The van der Waals surface area contributed by atoms with Gasteiger partial charge >= 0.3 is 0 Å². The molecular weight excluding hydrogens is 91.0 g/mol. The van der Waals surface area contributed by atoms with Gasteiger partial charge in [-0.2, -0.15) is 0 Å². The Balaban J connectivity index is 2.11. The van der Waals surface area contributed by atoms with Crippen molar-refractivity contribution < 1.29 is 0 Å². The third-order valence-electron chi connectivity index (χ3n) is 1.25. The summed E-state index contributed by atoms with van der Waals surface area (Å²) in [6, 6.07) is 0. The second kappa shape index (κ2) is 1.50. The van der Waals surface area contributed by atoms with E-state index in [1.54, 1.807) is 0 Å². The SMILES string of the molecule is CC1CP(C)C1. The first kappa shape index (κ1) is 4.59. The lowest BCUT2D eigenvalue weighted by atomic mass is 10.2. The highest BCUT2D eigenvalue weighted by Gasteiger charge is 2.19. The van der Waals surface area contributed by atoms with Crippen molar-refractivity contribution in [2.24, 2.45) is 5.92 Å². The molecular formula is C5H11P. The smallest absolute Gasteiger partial charge is 0.0299 e. The summed E-state index contributed by atoms with van der Waals surface area (Å²) in [5, 5.41) is 0. The maximum atomic E-state index is 2.38. The van der Waals surface area contributed by atoms with Crippen molar-refractivity contribution in [3.05, 3.63) is 0 Å². The quantitative estimate of drug-likeness (QED) is 0.409. The van der Waals surface area contributed by atoms with E-state index in [-0.39, 0.29) is 0 Å². The van der Waals surface area contributed by atoms with Gasteiger partial charge in [-0.15, -0.1) is 7.92 Å². The largest absolute Gasteiger partial charge is 0.109 e. The van der Waals surface area contributed by atoms with Crippen LogP contribution in [0.1, 0.15) is 6.92 Å². The Labute approximate surface area is 40.7 Å². The maximum absolute atomic E-state index is 2.38. The Morgan fingerprint density at radius 2 is 2.00 bits per heavy atom. The van der Waals surface area contributed by atoms with Crippen LogP contribution in [0.2, 0.25) is 0 Å². The lowest BCUT2D eigenvalue weighted by Gasteiger charge is -2.29. The summed E-state index contributed by atoms with van der Waals surface area (Å²) < 4.78 is 0. The van der Waals surface area contributed by atoms with Crippen molar-refractivity contribution >= 4 is 7.92 Å². The van der Waals surface area contributed by atoms with Gasteiger partial charge in [0.2, 0.25) is 0 Å². The normalized spacial score (nSPS) is 45.0. The van der Waals surface area contributed by atoms with Gasteiger partial charge in [0.15, 0.2) is 0 Å². The van der Waals surface area contributed by atoms with Gasteiger partial charge in [-0.3, -0.25) is 0 Å². The van der Waals surface area contributed by atoms with Crippen molar-refractivity contribution in [1.82, 2.24) is 0 Å². The second-order valence-corrected chi connectivity index (χ2v) is 4.77. The monoisotopic (exact) mass is 102 g/mol. The summed E-state index contributed by atoms with van der Waals surface area (Å²) >= 11 is 0. The topological polar surface area (TPSA) is 0 Å². The first-order valence-corrected chi connectivity index (χ1v) is 4.63. The highest BCUT2D eigenvalue weighted by Crippen LogP contribution is 2.45. The van der Waals surface area contributed by atoms with Gasteiger partial charge in [0.05, 0.1) is 0 Å². The average molecular weight is 102 g/mol. The molecule has 1 fully saturated rings. The molecule has 0 nitrogen and oxygen atoms in total. The van der Waals surface area contributed by atoms with Gasteiger partial charge in [0.1, 0.15) is 0 Å². The standard InChI is InChI=1S/C5H11P/c1-5-3-6(2)4-5/h5H,3-4H2,1-2H3. The molecule has 1 saturated heterocycles. The van der Waals surface area contributed by atoms with Crippen molar-refractivity contribution in [2.45, 2.75) is 6.92 Å². The first-order valence-electron chi connectivity index (χ1n) is 2.47. The molecule has 0 aromatic rings. The Kier molecular flexibility index (Phi) is 1.15. The predicted molar refractivity (Wildman–Crippen MR) is 31.7 cm³/mol. The lowest BCUT2D eigenvalue weighted by Crippen LogP contribution is -2.16. The van der Waals surface area contributed by atoms with E-state index >= 15 is 0 Å². The van der Waals surface area contributed by atoms with E-state index in [4.69, 9.17) is 0 Å². The van der Waals surface area contributed by atoms with E-state index in [1.165, 1.54) is 12.3 Å². The molecule has 0 amide bonds. The fourth-order valence-electron chi connectivity index (χ4n) is 1.01. The fourth-order valence-corrected chi connectivity index (χ4v) is 3.03. The molecule has 6 heavy (non-hydrogen) atoms. The van der Waals surface area contributed by atoms with Crippen LogP contribution >= 0.6 is 7.92 Å². The zero-order valence-corrected chi connectivity index (χ0v) is 5.33. The highest BCUT2D eigenvalue weighted by atomic mass is 31.1. The van der Waals surface area contributed by atoms with Crippen LogP contribution in [0, 0.1) is 5.92 Å². The zero-order valence-electron chi connectivity index (χ0n) is 4.44. The van der Waals surface area contributed by atoms with Crippen LogP contribution in [0.3, 0.4) is 0 Å². The number of hydrogen-bond donors (Lipinski definition) is 0. The fraction of sp³-hybridized carbons (Fsp3) is 1.00. The van der Waals surface area contributed by atoms with E-state index in [0.29, 0.717) is 7.92 Å². The van der Waals surface area contributed by atoms with Gasteiger partial charge in [-0.25, -0.2) is 0 Å². The summed E-state index contributed by atoms with van der Waals surface area (Å²) in [6.07, 6.45) is 3.07. The number of rotatable bonds is 0. The van der Waals surface area contributed by atoms with Crippen molar-refractivity contribution in [2.75, 3.05) is 19.0 Å². The third-order valence-corrected chi connectivity index (χ3v) is 3.74. The minimum absolute atomic E-state index is 0.543. The highest BCUT2D eigenvalue weighted by molar-refractivity contribution is 7.58.